The minimum atomic E-state index is -0.0306. The number of hydrogen-bond donors (Lipinski definition) is 0. The van der Waals surface area contributed by atoms with Crippen LogP contribution in [-0.4, -0.2) is 31.0 Å². The number of hydrogen-bond acceptors (Lipinski definition) is 2. The molecule has 0 N–H and O–H groups in total. The third-order valence-corrected chi connectivity index (χ3v) is 2.89. The van der Waals surface area contributed by atoms with Gasteiger partial charge in [0.25, 0.3) is 5.91 Å². The first kappa shape index (κ1) is 11.5. The molecule has 1 aromatic rings. The average Bonchev–Trinajstić information content (AvgIpc) is 3.03. The van der Waals surface area contributed by atoms with Gasteiger partial charge in [0, 0.05) is 18.6 Å². The topological polar surface area (TPSA) is 29.5 Å². The fourth-order valence-electron chi connectivity index (χ4n) is 1.38. The highest BCUT2D eigenvalue weighted by atomic mass is 79.9. The largest absolute Gasteiger partial charge is 0.490 e. The summed E-state index contributed by atoms with van der Waals surface area (Å²) in [5, 5.41) is 0. The van der Waals surface area contributed by atoms with Crippen molar-refractivity contribution in [3.8, 4) is 5.75 Å². The smallest absolute Gasteiger partial charge is 0.257 e. The predicted octanol–water partition coefficient (Wildman–Crippen LogP) is 2.69. The van der Waals surface area contributed by atoms with E-state index >= 15 is 0 Å². The van der Waals surface area contributed by atoms with E-state index in [1.54, 1.807) is 25.1 Å². The zero-order chi connectivity index (χ0) is 11.7. The molecule has 0 radical (unpaired) electrons. The number of amides is 1. The Bertz CT molecular complexity index is 413. The van der Waals surface area contributed by atoms with Gasteiger partial charge in [-0.05, 0) is 31.0 Å². The van der Waals surface area contributed by atoms with Crippen molar-refractivity contribution in [2.45, 2.75) is 18.9 Å². The van der Waals surface area contributed by atoms with Crippen molar-refractivity contribution in [3.63, 3.8) is 0 Å². The van der Waals surface area contributed by atoms with Gasteiger partial charge in [-0.1, -0.05) is 15.9 Å². The maximum atomic E-state index is 11.9. The van der Waals surface area contributed by atoms with Gasteiger partial charge in [0.1, 0.15) is 5.75 Å². The Kier molecular flexibility index (Phi) is 3.19. The van der Waals surface area contributed by atoms with E-state index in [-0.39, 0.29) is 5.91 Å². The van der Waals surface area contributed by atoms with Gasteiger partial charge in [-0.25, -0.2) is 0 Å². The molecule has 3 nitrogen and oxygen atoms in total. The molecule has 1 aliphatic rings. The molecule has 0 atom stereocenters. The van der Waals surface area contributed by atoms with Crippen molar-refractivity contribution in [1.29, 1.82) is 0 Å². The van der Waals surface area contributed by atoms with Crippen molar-refractivity contribution in [1.82, 2.24) is 4.90 Å². The first-order chi connectivity index (χ1) is 7.58. The zero-order valence-corrected chi connectivity index (χ0v) is 11.0. The van der Waals surface area contributed by atoms with E-state index in [1.165, 1.54) is 0 Å². The molecule has 4 heteroatoms. The maximum absolute atomic E-state index is 11.9. The molecular formula is C12H14BrNO2. The lowest BCUT2D eigenvalue weighted by molar-refractivity contribution is 0.0823. The lowest BCUT2D eigenvalue weighted by atomic mass is 10.2. The molecule has 1 saturated carbocycles. The molecule has 0 aromatic heterocycles. The van der Waals surface area contributed by atoms with Crippen molar-refractivity contribution < 1.29 is 9.53 Å². The number of benzene rings is 1. The molecule has 0 bridgehead atoms. The van der Waals surface area contributed by atoms with Crippen LogP contribution in [0.5, 0.6) is 5.75 Å². The summed E-state index contributed by atoms with van der Waals surface area (Å²) >= 11 is 3.37. The number of carbonyl (C=O) groups is 1. The van der Waals surface area contributed by atoms with E-state index in [4.69, 9.17) is 4.74 Å². The Balaban J connectivity index is 2.30. The molecule has 2 rings (SSSR count). The molecule has 16 heavy (non-hydrogen) atoms. The van der Waals surface area contributed by atoms with Gasteiger partial charge in [0.05, 0.1) is 11.7 Å². The lowest BCUT2D eigenvalue weighted by Gasteiger charge is -2.14. The molecule has 0 aliphatic heterocycles. The SMILES string of the molecule is CN(C)C(=O)c1cc(Br)ccc1OC1CC1. The lowest BCUT2D eigenvalue weighted by Crippen LogP contribution is -2.22. The van der Waals surface area contributed by atoms with E-state index in [1.807, 2.05) is 12.1 Å². The van der Waals surface area contributed by atoms with Crippen LogP contribution in [0.1, 0.15) is 23.2 Å². The molecule has 1 aliphatic carbocycles. The van der Waals surface area contributed by atoms with Crippen LogP contribution in [0.2, 0.25) is 0 Å². The molecule has 0 heterocycles. The van der Waals surface area contributed by atoms with Gasteiger partial charge in [-0.3, -0.25) is 4.79 Å². The third-order valence-electron chi connectivity index (χ3n) is 2.40. The Morgan fingerprint density at radius 2 is 2.12 bits per heavy atom. The normalized spacial score (nSPS) is 14.7. The number of ether oxygens (including phenoxy) is 1. The Hall–Kier alpha value is -1.03. The molecule has 1 aromatic carbocycles. The van der Waals surface area contributed by atoms with Crippen LogP contribution in [0.25, 0.3) is 0 Å². The fourth-order valence-corrected chi connectivity index (χ4v) is 1.74. The highest BCUT2D eigenvalue weighted by Gasteiger charge is 2.26. The average molecular weight is 284 g/mol. The van der Waals surface area contributed by atoms with Gasteiger partial charge in [0.2, 0.25) is 0 Å². The fraction of sp³-hybridized carbons (Fsp3) is 0.417. The standard InChI is InChI=1S/C12H14BrNO2/c1-14(2)12(15)10-7-8(13)3-6-11(10)16-9-4-5-9/h3,6-7,9H,4-5H2,1-2H3. The predicted molar refractivity (Wildman–Crippen MR) is 65.8 cm³/mol. The monoisotopic (exact) mass is 283 g/mol. The third kappa shape index (κ3) is 2.55. The summed E-state index contributed by atoms with van der Waals surface area (Å²) in [7, 11) is 3.48. The Morgan fingerprint density at radius 1 is 1.44 bits per heavy atom. The van der Waals surface area contributed by atoms with Gasteiger partial charge < -0.3 is 9.64 Å². The summed E-state index contributed by atoms with van der Waals surface area (Å²) in [5.41, 5.74) is 0.617. The van der Waals surface area contributed by atoms with Crippen molar-refractivity contribution in [3.05, 3.63) is 28.2 Å². The van der Waals surface area contributed by atoms with E-state index in [2.05, 4.69) is 15.9 Å². The van der Waals surface area contributed by atoms with Crippen LogP contribution < -0.4 is 4.74 Å². The Morgan fingerprint density at radius 3 is 2.69 bits per heavy atom. The van der Waals surface area contributed by atoms with Crippen molar-refractivity contribution in [2.24, 2.45) is 0 Å². The first-order valence-corrected chi connectivity index (χ1v) is 6.05. The second-order valence-electron chi connectivity index (χ2n) is 4.16. The molecule has 0 saturated heterocycles. The van der Waals surface area contributed by atoms with Crippen LogP contribution in [0, 0.1) is 0 Å². The molecule has 86 valence electrons. The molecule has 1 amide bonds. The minimum absolute atomic E-state index is 0.0306. The summed E-state index contributed by atoms with van der Waals surface area (Å²) in [5.74, 6) is 0.654. The van der Waals surface area contributed by atoms with E-state index in [0.717, 1.165) is 17.3 Å². The summed E-state index contributed by atoms with van der Waals surface area (Å²) in [4.78, 5) is 13.5. The highest BCUT2D eigenvalue weighted by Crippen LogP contribution is 2.31. The van der Waals surface area contributed by atoms with E-state index in [9.17, 15) is 4.79 Å². The summed E-state index contributed by atoms with van der Waals surface area (Å²) < 4.78 is 6.60. The van der Waals surface area contributed by atoms with E-state index < -0.39 is 0 Å². The number of carbonyl (C=O) groups excluding carboxylic acids is 1. The summed E-state index contributed by atoms with van der Waals surface area (Å²) in [6.45, 7) is 0. The summed E-state index contributed by atoms with van der Waals surface area (Å²) in [6.07, 6.45) is 2.48. The van der Waals surface area contributed by atoms with Crippen LogP contribution in [0.15, 0.2) is 22.7 Å². The molecule has 1 fully saturated rings. The molecule has 0 unspecified atom stereocenters. The van der Waals surface area contributed by atoms with Crippen molar-refractivity contribution in [2.75, 3.05) is 14.1 Å². The Labute approximate surface area is 104 Å². The summed E-state index contributed by atoms with van der Waals surface area (Å²) in [6, 6.07) is 5.54. The first-order valence-electron chi connectivity index (χ1n) is 5.26. The van der Waals surface area contributed by atoms with Gasteiger partial charge in [-0.15, -0.1) is 0 Å². The van der Waals surface area contributed by atoms with Crippen LogP contribution >= 0.6 is 15.9 Å². The molecular weight excluding hydrogens is 270 g/mol. The van der Waals surface area contributed by atoms with Crippen LogP contribution in [0.4, 0.5) is 0 Å². The number of rotatable bonds is 3. The zero-order valence-electron chi connectivity index (χ0n) is 9.37. The van der Waals surface area contributed by atoms with Crippen LogP contribution in [-0.2, 0) is 0 Å². The van der Waals surface area contributed by atoms with Gasteiger partial charge in [0.15, 0.2) is 0 Å². The highest BCUT2D eigenvalue weighted by molar-refractivity contribution is 9.10. The van der Waals surface area contributed by atoms with Crippen LogP contribution in [0.3, 0.4) is 0 Å². The minimum Gasteiger partial charge on any atom is -0.490 e. The van der Waals surface area contributed by atoms with Crippen molar-refractivity contribution >= 4 is 21.8 Å². The number of halogens is 1. The molecule has 0 spiro atoms. The quantitative estimate of drug-likeness (QED) is 0.854. The second kappa shape index (κ2) is 4.45. The second-order valence-corrected chi connectivity index (χ2v) is 5.07. The number of nitrogens with zero attached hydrogens (tertiary/aromatic N) is 1. The van der Waals surface area contributed by atoms with Gasteiger partial charge in [-0.2, -0.15) is 0 Å². The van der Waals surface area contributed by atoms with E-state index in [0.29, 0.717) is 17.4 Å². The van der Waals surface area contributed by atoms with Gasteiger partial charge >= 0.3 is 0 Å². The maximum Gasteiger partial charge on any atom is 0.257 e.